The van der Waals surface area contributed by atoms with Crippen LogP contribution < -0.4 is 16.0 Å². The summed E-state index contributed by atoms with van der Waals surface area (Å²) in [6.45, 7) is 5.62. The van der Waals surface area contributed by atoms with Gasteiger partial charge in [-0.3, -0.25) is 9.59 Å². The van der Waals surface area contributed by atoms with E-state index in [1.54, 1.807) is 26.2 Å². The first kappa shape index (κ1) is 20.7. The van der Waals surface area contributed by atoms with Crippen LogP contribution in [0.5, 0.6) is 0 Å². The van der Waals surface area contributed by atoms with Crippen LogP contribution in [0.4, 0.5) is 5.00 Å². The van der Waals surface area contributed by atoms with E-state index in [2.05, 4.69) is 10.6 Å². The van der Waals surface area contributed by atoms with Crippen LogP contribution in [0, 0.1) is 6.92 Å². The fraction of sp³-hybridized carbons (Fsp3) is 0.389. The maximum absolute atomic E-state index is 12.4. The Balaban J connectivity index is 2.14. The number of amides is 2. The molecule has 0 aliphatic rings. The molecule has 2 amide bonds. The third kappa shape index (κ3) is 4.95. The number of furan rings is 1. The highest BCUT2D eigenvalue weighted by molar-refractivity contribution is 7.18. The van der Waals surface area contributed by atoms with Gasteiger partial charge in [0.2, 0.25) is 0 Å². The van der Waals surface area contributed by atoms with Gasteiger partial charge in [0.25, 0.3) is 11.8 Å². The van der Waals surface area contributed by atoms with Gasteiger partial charge in [0.05, 0.1) is 23.3 Å². The van der Waals surface area contributed by atoms with E-state index in [0.717, 1.165) is 17.1 Å². The van der Waals surface area contributed by atoms with Crippen molar-refractivity contribution in [2.75, 3.05) is 25.5 Å². The first-order valence-corrected chi connectivity index (χ1v) is 9.39. The normalized spacial score (nSPS) is 11.7. The van der Waals surface area contributed by atoms with Crippen molar-refractivity contribution in [2.45, 2.75) is 26.8 Å². The second kappa shape index (κ2) is 9.33. The molecule has 2 rings (SSSR count). The number of nitrogens with one attached hydrogen (secondary N) is 2. The monoisotopic (exact) mass is 394 g/mol. The SMILES string of the molecule is CCOC(=O)c1c(NC(=O)C[NH2+][C@H](C)c2ccco2)sc(C(=O)NC)c1C. The molecule has 0 unspecified atom stereocenters. The number of esters is 1. The van der Waals surface area contributed by atoms with E-state index >= 15 is 0 Å². The zero-order valence-corrected chi connectivity index (χ0v) is 16.6. The number of quaternary nitrogens is 1. The highest BCUT2D eigenvalue weighted by atomic mass is 32.1. The number of nitrogens with two attached hydrogens (primary N) is 1. The number of thiophene rings is 1. The van der Waals surface area contributed by atoms with Crippen molar-refractivity contribution in [2.24, 2.45) is 0 Å². The topological polar surface area (TPSA) is 114 Å². The van der Waals surface area contributed by atoms with Crippen LogP contribution in [0.25, 0.3) is 0 Å². The molecule has 0 saturated heterocycles. The predicted octanol–water partition coefficient (Wildman–Crippen LogP) is 1.45. The summed E-state index contributed by atoms with van der Waals surface area (Å²) in [4.78, 5) is 37.0. The van der Waals surface area contributed by atoms with E-state index in [1.807, 2.05) is 18.3 Å². The van der Waals surface area contributed by atoms with E-state index in [4.69, 9.17) is 9.15 Å². The minimum absolute atomic E-state index is 0.0261. The number of anilines is 1. The molecule has 0 spiro atoms. The molecule has 0 radical (unpaired) electrons. The highest BCUT2D eigenvalue weighted by Gasteiger charge is 2.26. The van der Waals surface area contributed by atoms with Crippen molar-refractivity contribution >= 4 is 34.1 Å². The first-order chi connectivity index (χ1) is 12.9. The van der Waals surface area contributed by atoms with Crippen LogP contribution in [0.3, 0.4) is 0 Å². The lowest BCUT2D eigenvalue weighted by molar-refractivity contribution is -0.684. The molecule has 4 N–H and O–H groups in total. The van der Waals surface area contributed by atoms with Gasteiger partial charge in [-0.25, -0.2) is 4.79 Å². The third-order valence-corrected chi connectivity index (χ3v) is 5.17. The van der Waals surface area contributed by atoms with Crippen molar-refractivity contribution in [3.8, 4) is 0 Å². The quantitative estimate of drug-likeness (QED) is 0.586. The lowest BCUT2D eigenvalue weighted by Crippen LogP contribution is -2.86. The molecule has 8 nitrogen and oxygen atoms in total. The Morgan fingerprint density at radius 3 is 2.70 bits per heavy atom. The maximum atomic E-state index is 12.4. The molecule has 0 aliphatic carbocycles. The molecular weight excluding hydrogens is 370 g/mol. The summed E-state index contributed by atoms with van der Waals surface area (Å²) in [6.07, 6.45) is 1.58. The Labute approximate surface area is 161 Å². The van der Waals surface area contributed by atoms with Gasteiger partial charge in [0.15, 0.2) is 12.3 Å². The lowest BCUT2D eigenvalue weighted by Gasteiger charge is -2.09. The number of carbonyl (C=O) groups is 3. The second-order valence-electron chi connectivity index (χ2n) is 5.85. The largest absolute Gasteiger partial charge is 0.463 e. The second-order valence-corrected chi connectivity index (χ2v) is 6.87. The summed E-state index contributed by atoms with van der Waals surface area (Å²) in [7, 11) is 1.51. The third-order valence-electron chi connectivity index (χ3n) is 3.96. The number of hydrogen-bond donors (Lipinski definition) is 3. The number of hydrogen-bond acceptors (Lipinski definition) is 6. The summed E-state index contributed by atoms with van der Waals surface area (Å²) < 4.78 is 10.4. The van der Waals surface area contributed by atoms with E-state index in [0.29, 0.717) is 15.4 Å². The Kier molecular flexibility index (Phi) is 7.14. The molecule has 1 atom stereocenters. The van der Waals surface area contributed by atoms with Crippen molar-refractivity contribution in [3.05, 3.63) is 40.2 Å². The first-order valence-electron chi connectivity index (χ1n) is 8.58. The van der Waals surface area contributed by atoms with Gasteiger partial charge in [-0.15, -0.1) is 11.3 Å². The predicted molar refractivity (Wildman–Crippen MR) is 101 cm³/mol. The van der Waals surface area contributed by atoms with Gasteiger partial charge in [-0.1, -0.05) is 0 Å². The molecule has 0 aromatic carbocycles. The van der Waals surface area contributed by atoms with E-state index in [1.165, 1.54) is 7.05 Å². The van der Waals surface area contributed by atoms with Gasteiger partial charge >= 0.3 is 5.97 Å². The summed E-state index contributed by atoms with van der Waals surface area (Å²) in [5, 5.41) is 7.39. The zero-order chi connectivity index (χ0) is 20.0. The molecule has 0 saturated carbocycles. The summed E-state index contributed by atoms with van der Waals surface area (Å²) in [5.41, 5.74) is 0.703. The van der Waals surface area contributed by atoms with E-state index in [9.17, 15) is 14.4 Å². The molecule has 2 aromatic heterocycles. The average Bonchev–Trinajstić information content (AvgIpc) is 3.27. The number of carbonyl (C=O) groups excluding carboxylic acids is 3. The molecule has 2 heterocycles. The molecule has 0 bridgehead atoms. The van der Waals surface area contributed by atoms with Gasteiger partial charge < -0.3 is 25.1 Å². The summed E-state index contributed by atoms with van der Waals surface area (Å²) in [5.74, 6) is -0.404. The number of rotatable bonds is 8. The Bertz CT molecular complexity index is 813. The minimum atomic E-state index is -0.565. The zero-order valence-electron chi connectivity index (χ0n) is 15.8. The fourth-order valence-corrected chi connectivity index (χ4v) is 3.67. The summed E-state index contributed by atoms with van der Waals surface area (Å²) in [6, 6.07) is 3.61. The standard InChI is InChI=1S/C18H23N3O5S/c1-5-25-18(24)14-10(2)15(16(23)19-4)27-17(14)21-13(22)9-20-11(3)12-7-6-8-26-12/h6-8,11,20H,5,9H2,1-4H3,(H,19,23)(H,21,22)/p+1/t11-/m1/s1. The van der Waals surface area contributed by atoms with Crippen molar-refractivity contribution in [1.82, 2.24) is 5.32 Å². The van der Waals surface area contributed by atoms with Gasteiger partial charge in [-0.05, 0) is 38.5 Å². The van der Waals surface area contributed by atoms with Crippen LogP contribution in [-0.2, 0) is 9.53 Å². The van der Waals surface area contributed by atoms with Gasteiger partial charge in [0, 0.05) is 7.05 Å². The summed E-state index contributed by atoms with van der Waals surface area (Å²) >= 11 is 1.06. The molecule has 0 fully saturated rings. The molecule has 2 aromatic rings. The molecule has 27 heavy (non-hydrogen) atoms. The van der Waals surface area contributed by atoms with Crippen LogP contribution in [-0.4, -0.2) is 38.0 Å². The van der Waals surface area contributed by atoms with Crippen molar-refractivity contribution in [1.29, 1.82) is 0 Å². The van der Waals surface area contributed by atoms with Gasteiger partial charge in [-0.2, -0.15) is 0 Å². The van der Waals surface area contributed by atoms with E-state index < -0.39 is 5.97 Å². The Morgan fingerprint density at radius 1 is 1.37 bits per heavy atom. The smallest absolute Gasteiger partial charge is 0.341 e. The molecule has 0 aliphatic heterocycles. The van der Waals surface area contributed by atoms with Crippen LogP contribution in [0.15, 0.2) is 22.8 Å². The van der Waals surface area contributed by atoms with Gasteiger partial charge in [0.1, 0.15) is 11.0 Å². The Hall–Kier alpha value is -2.65. The van der Waals surface area contributed by atoms with Crippen LogP contribution in [0.2, 0.25) is 0 Å². The van der Waals surface area contributed by atoms with Crippen molar-refractivity contribution < 1.29 is 28.9 Å². The highest BCUT2D eigenvalue weighted by Crippen LogP contribution is 2.33. The Morgan fingerprint density at radius 2 is 2.11 bits per heavy atom. The average molecular weight is 394 g/mol. The molecular formula is C18H24N3O5S+. The lowest BCUT2D eigenvalue weighted by atomic mass is 10.1. The maximum Gasteiger partial charge on any atom is 0.341 e. The molecule has 9 heteroatoms. The molecule has 146 valence electrons. The number of ether oxygens (including phenoxy) is 1. The fourth-order valence-electron chi connectivity index (χ4n) is 2.51. The van der Waals surface area contributed by atoms with Crippen LogP contribution >= 0.6 is 11.3 Å². The van der Waals surface area contributed by atoms with E-state index in [-0.39, 0.29) is 36.6 Å². The minimum Gasteiger partial charge on any atom is -0.463 e. The van der Waals surface area contributed by atoms with Crippen LogP contribution in [0.1, 0.15) is 51.2 Å². The van der Waals surface area contributed by atoms with Crippen molar-refractivity contribution in [3.63, 3.8) is 0 Å².